The monoisotopic (exact) mass is 373 g/mol. The summed E-state index contributed by atoms with van der Waals surface area (Å²) in [6, 6.07) is 10.3. The molecule has 0 aliphatic rings. The van der Waals surface area contributed by atoms with Crippen LogP contribution < -0.4 is 10.5 Å². The van der Waals surface area contributed by atoms with E-state index in [2.05, 4.69) is 44.1 Å². The molecule has 2 aromatic heterocycles. The molecule has 0 spiro atoms. The van der Waals surface area contributed by atoms with Crippen molar-refractivity contribution in [2.75, 3.05) is 13.7 Å². The Morgan fingerprint density at radius 1 is 1.22 bits per heavy atom. The van der Waals surface area contributed by atoms with Gasteiger partial charge >= 0.3 is 0 Å². The summed E-state index contributed by atoms with van der Waals surface area (Å²) in [7, 11) is 1.63. The van der Waals surface area contributed by atoms with Crippen LogP contribution in [0.1, 0.15) is 18.4 Å². The first-order valence-electron chi connectivity index (χ1n) is 7.73. The van der Waals surface area contributed by atoms with Gasteiger partial charge in [0.05, 0.1) is 12.8 Å². The van der Waals surface area contributed by atoms with Gasteiger partial charge in [0.25, 0.3) is 0 Å². The van der Waals surface area contributed by atoms with Gasteiger partial charge < -0.3 is 15.5 Å². The fourth-order valence-corrected chi connectivity index (χ4v) is 3.18. The number of hydrogen-bond donors (Lipinski definition) is 2. The van der Waals surface area contributed by atoms with E-state index in [-0.39, 0.29) is 0 Å². The van der Waals surface area contributed by atoms with Gasteiger partial charge in [-0.2, -0.15) is 0 Å². The van der Waals surface area contributed by atoms with E-state index >= 15 is 0 Å². The molecule has 5 heteroatoms. The standard InChI is InChI=1S/C18H20BrN3O/c1-23-17-8-5-12(11-21-17)18-14(4-2-3-9-20)15-10-13(19)6-7-16(15)22-18/h5-8,10-11,22H,2-4,9,20H2,1H3. The topological polar surface area (TPSA) is 63.9 Å². The Morgan fingerprint density at radius 3 is 2.78 bits per heavy atom. The lowest BCUT2D eigenvalue weighted by Gasteiger charge is -2.06. The highest BCUT2D eigenvalue weighted by Gasteiger charge is 2.13. The molecule has 3 aromatic rings. The van der Waals surface area contributed by atoms with Crippen molar-refractivity contribution >= 4 is 26.8 Å². The van der Waals surface area contributed by atoms with Crippen molar-refractivity contribution < 1.29 is 4.74 Å². The number of H-pyrrole nitrogens is 1. The minimum absolute atomic E-state index is 0.622. The normalized spacial score (nSPS) is 11.1. The highest BCUT2D eigenvalue weighted by molar-refractivity contribution is 9.10. The van der Waals surface area contributed by atoms with Gasteiger partial charge in [-0.05, 0) is 55.6 Å². The third-order valence-electron chi connectivity index (χ3n) is 3.98. The Kier molecular flexibility index (Phi) is 4.98. The summed E-state index contributed by atoms with van der Waals surface area (Å²) in [5.41, 5.74) is 10.3. The smallest absolute Gasteiger partial charge is 0.212 e. The minimum atomic E-state index is 0.622. The number of rotatable bonds is 6. The molecule has 0 aliphatic carbocycles. The summed E-state index contributed by atoms with van der Waals surface area (Å²) in [6.45, 7) is 0.728. The summed E-state index contributed by atoms with van der Waals surface area (Å²) in [5.74, 6) is 0.622. The number of benzene rings is 1. The average Bonchev–Trinajstić information content (AvgIpc) is 2.93. The predicted octanol–water partition coefficient (Wildman–Crippen LogP) is 4.28. The molecule has 0 fully saturated rings. The van der Waals surface area contributed by atoms with Crippen LogP contribution in [0.4, 0.5) is 0 Å². The van der Waals surface area contributed by atoms with Gasteiger partial charge in [-0.25, -0.2) is 4.98 Å². The lowest BCUT2D eigenvalue weighted by molar-refractivity contribution is 0.398. The molecule has 120 valence electrons. The zero-order valence-electron chi connectivity index (χ0n) is 13.1. The Balaban J connectivity index is 2.07. The third kappa shape index (κ3) is 3.41. The Labute approximate surface area is 144 Å². The fourth-order valence-electron chi connectivity index (χ4n) is 2.82. The predicted molar refractivity (Wildman–Crippen MR) is 97.8 cm³/mol. The SMILES string of the molecule is COc1ccc(-c2[nH]c3ccc(Br)cc3c2CCCCN)cn1. The van der Waals surface area contributed by atoms with Crippen molar-refractivity contribution in [1.29, 1.82) is 0 Å². The van der Waals surface area contributed by atoms with Crippen molar-refractivity contribution in [3.63, 3.8) is 0 Å². The number of hydrogen-bond acceptors (Lipinski definition) is 3. The number of halogens is 1. The Morgan fingerprint density at radius 2 is 2.09 bits per heavy atom. The lowest BCUT2D eigenvalue weighted by Crippen LogP contribution is -1.99. The van der Waals surface area contributed by atoms with E-state index < -0.39 is 0 Å². The minimum Gasteiger partial charge on any atom is -0.481 e. The van der Waals surface area contributed by atoms with Crippen LogP contribution in [0.15, 0.2) is 41.0 Å². The summed E-state index contributed by atoms with van der Waals surface area (Å²) in [6.07, 6.45) is 4.95. The highest BCUT2D eigenvalue weighted by atomic mass is 79.9. The summed E-state index contributed by atoms with van der Waals surface area (Å²) in [4.78, 5) is 7.87. The van der Waals surface area contributed by atoms with Crippen molar-refractivity contribution in [1.82, 2.24) is 9.97 Å². The van der Waals surface area contributed by atoms with Crippen LogP contribution in [-0.4, -0.2) is 23.6 Å². The zero-order chi connectivity index (χ0) is 16.2. The van der Waals surface area contributed by atoms with Gasteiger partial charge in [0.2, 0.25) is 5.88 Å². The number of pyridine rings is 1. The van der Waals surface area contributed by atoms with Gasteiger partial charge in [0, 0.05) is 33.2 Å². The number of nitrogens with zero attached hydrogens (tertiary/aromatic N) is 1. The van der Waals surface area contributed by atoms with E-state index in [9.17, 15) is 0 Å². The van der Waals surface area contributed by atoms with E-state index in [1.165, 1.54) is 10.9 Å². The van der Waals surface area contributed by atoms with Gasteiger partial charge in [-0.1, -0.05) is 15.9 Å². The van der Waals surface area contributed by atoms with Crippen molar-refractivity contribution in [2.45, 2.75) is 19.3 Å². The molecule has 0 saturated carbocycles. The van der Waals surface area contributed by atoms with E-state index in [4.69, 9.17) is 10.5 Å². The average molecular weight is 374 g/mol. The second-order valence-electron chi connectivity index (χ2n) is 5.50. The maximum Gasteiger partial charge on any atom is 0.212 e. The fraction of sp³-hybridized carbons (Fsp3) is 0.278. The van der Waals surface area contributed by atoms with Crippen LogP contribution in [0.3, 0.4) is 0 Å². The molecule has 0 unspecified atom stereocenters. The number of ether oxygens (including phenoxy) is 1. The van der Waals surface area contributed by atoms with Crippen LogP contribution in [0.25, 0.3) is 22.2 Å². The van der Waals surface area contributed by atoms with Crippen molar-refractivity contribution in [2.24, 2.45) is 5.73 Å². The first-order chi connectivity index (χ1) is 11.2. The summed E-state index contributed by atoms with van der Waals surface area (Å²) >= 11 is 3.57. The molecule has 0 radical (unpaired) electrons. The number of nitrogens with one attached hydrogen (secondary N) is 1. The molecular formula is C18H20BrN3O. The molecule has 1 aromatic carbocycles. The van der Waals surface area contributed by atoms with Crippen LogP contribution >= 0.6 is 15.9 Å². The van der Waals surface area contributed by atoms with E-state index in [0.717, 1.165) is 47.1 Å². The summed E-state index contributed by atoms with van der Waals surface area (Å²) < 4.78 is 6.23. The molecule has 3 N–H and O–H groups in total. The summed E-state index contributed by atoms with van der Waals surface area (Å²) in [5, 5.41) is 1.25. The van der Waals surface area contributed by atoms with Crippen molar-refractivity contribution in [3.05, 3.63) is 46.6 Å². The molecule has 0 atom stereocenters. The zero-order valence-corrected chi connectivity index (χ0v) is 14.7. The molecule has 0 aliphatic heterocycles. The molecule has 0 bridgehead atoms. The maximum atomic E-state index is 5.65. The second-order valence-corrected chi connectivity index (χ2v) is 6.42. The quantitative estimate of drug-likeness (QED) is 0.633. The van der Waals surface area contributed by atoms with Crippen LogP contribution in [0, 0.1) is 0 Å². The number of aromatic nitrogens is 2. The molecule has 2 heterocycles. The van der Waals surface area contributed by atoms with Crippen LogP contribution in [0.2, 0.25) is 0 Å². The van der Waals surface area contributed by atoms with Crippen molar-refractivity contribution in [3.8, 4) is 17.1 Å². The third-order valence-corrected chi connectivity index (χ3v) is 4.48. The first kappa shape index (κ1) is 16.0. The number of methoxy groups -OCH3 is 1. The molecule has 23 heavy (non-hydrogen) atoms. The largest absolute Gasteiger partial charge is 0.481 e. The number of unbranched alkanes of at least 4 members (excludes halogenated alkanes) is 1. The Hall–Kier alpha value is -1.85. The molecule has 4 nitrogen and oxygen atoms in total. The maximum absolute atomic E-state index is 5.65. The molecule has 0 amide bonds. The van der Waals surface area contributed by atoms with Crippen LogP contribution in [-0.2, 0) is 6.42 Å². The van der Waals surface area contributed by atoms with E-state index in [1.54, 1.807) is 7.11 Å². The second kappa shape index (κ2) is 7.15. The Bertz CT molecular complexity index is 796. The molecular weight excluding hydrogens is 354 g/mol. The van der Waals surface area contributed by atoms with Gasteiger partial charge in [-0.15, -0.1) is 0 Å². The number of aryl methyl sites for hydroxylation is 1. The lowest BCUT2D eigenvalue weighted by atomic mass is 10.0. The number of aromatic amines is 1. The number of nitrogens with two attached hydrogens (primary N) is 1. The van der Waals surface area contributed by atoms with Gasteiger partial charge in [0.15, 0.2) is 0 Å². The van der Waals surface area contributed by atoms with Gasteiger partial charge in [-0.3, -0.25) is 0 Å². The number of fused-ring (bicyclic) bond motifs is 1. The van der Waals surface area contributed by atoms with E-state index in [0.29, 0.717) is 5.88 Å². The first-order valence-corrected chi connectivity index (χ1v) is 8.53. The van der Waals surface area contributed by atoms with Gasteiger partial charge in [0.1, 0.15) is 0 Å². The molecule has 0 saturated heterocycles. The van der Waals surface area contributed by atoms with E-state index in [1.807, 2.05) is 18.3 Å². The highest BCUT2D eigenvalue weighted by Crippen LogP contribution is 2.33. The van der Waals surface area contributed by atoms with Crippen LogP contribution in [0.5, 0.6) is 5.88 Å². The molecule has 3 rings (SSSR count).